The molecule has 2 unspecified atom stereocenters. The van der Waals surface area contributed by atoms with Gasteiger partial charge in [-0.3, -0.25) is 14.2 Å². The van der Waals surface area contributed by atoms with Crippen LogP contribution in [0.25, 0.3) is 10.2 Å². The van der Waals surface area contributed by atoms with Gasteiger partial charge in [0.1, 0.15) is 4.83 Å². The van der Waals surface area contributed by atoms with Crippen LogP contribution in [0.2, 0.25) is 0 Å². The number of hydrogen-bond acceptors (Lipinski definition) is 5. The van der Waals surface area contributed by atoms with Crippen molar-refractivity contribution in [2.45, 2.75) is 70.4 Å². The number of carbonyl (C=O) groups excluding carboxylic acids is 1. The molecule has 0 spiro atoms. The van der Waals surface area contributed by atoms with Gasteiger partial charge in [0.05, 0.1) is 11.7 Å². The highest BCUT2D eigenvalue weighted by molar-refractivity contribution is 7.18. The van der Waals surface area contributed by atoms with Crippen LogP contribution >= 0.6 is 11.3 Å². The quantitative estimate of drug-likeness (QED) is 0.823. The topological polar surface area (TPSA) is 90.0 Å². The maximum atomic E-state index is 12.9. The highest BCUT2D eigenvalue weighted by Gasteiger charge is 2.25. The van der Waals surface area contributed by atoms with E-state index < -0.39 is 0 Å². The minimum atomic E-state index is -0.000283. The van der Waals surface area contributed by atoms with Gasteiger partial charge < -0.3 is 11.1 Å². The fourth-order valence-corrected chi connectivity index (χ4v) is 5.74. The standard InChI is InChI=1S/C20H28N4O2S/c21-11-13-5-1-3-7-15(13)23-17(25)9-10-24-12-22-19-18(20(24)26)14-6-2-4-8-16(14)27-19/h12-13,15H,1-11,21H2,(H,23,25). The Morgan fingerprint density at radius 2 is 2.07 bits per heavy atom. The van der Waals surface area contributed by atoms with Crippen molar-refractivity contribution in [2.75, 3.05) is 6.54 Å². The molecule has 1 saturated carbocycles. The molecule has 2 heterocycles. The number of aromatic nitrogens is 2. The predicted octanol–water partition coefficient (Wildman–Crippen LogP) is 2.36. The van der Waals surface area contributed by atoms with Crippen LogP contribution in [0.4, 0.5) is 0 Å². The summed E-state index contributed by atoms with van der Waals surface area (Å²) in [7, 11) is 0. The van der Waals surface area contributed by atoms with Gasteiger partial charge in [0, 0.05) is 23.9 Å². The Hall–Kier alpha value is -1.73. The van der Waals surface area contributed by atoms with E-state index >= 15 is 0 Å². The number of aryl methyl sites for hydroxylation is 3. The Morgan fingerprint density at radius 3 is 2.93 bits per heavy atom. The molecule has 2 aromatic rings. The normalized spacial score (nSPS) is 22.6. The SMILES string of the molecule is NCC1CCCCC1NC(=O)CCn1cnc2sc3c(c2c1=O)CCCC3. The van der Waals surface area contributed by atoms with Gasteiger partial charge in [-0.15, -0.1) is 11.3 Å². The molecular weight excluding hydrogens is 360 g/mol. The second kappa shape index (κ2) is 8.10. The van der Waals surface area contributed by atoms with Crippen molar-refractivity contribution in [3.8, 4) is 0 Å². The Bertz CT molecular complexity index is 888. The van der Waals surface area contributed by atoms with Crippen molar-refractivity contribution >= 4 is 27.5 Å². The molecule has 1 amide bonds. The second-order valence-electron chi connectivity index (χ2n) is 7.84. The third-order valence-corrected chi connectivity index (χ3v) is 7.28. The lowest BCUT2D eigenvalue weighted by Gasteiger charge is -2.31. The number of nitrogens with zero attached hydrogens (tertiary/aromatic N) is 2. The van der Waals surface area contributed by atoms with Crippen molar-refractivity contribution < 1.29 is 4.79 Å². The first-order chi connectivity index (χ1) is 13.2. The van der Waals surface area contributed by atoms with Gasteiger partial charge >= 0.3 is 0 Å². The molecule has 3 N–H and O–H groups in total. The van der Waals surface area contributed by atoms with E-state index in [1.165, 1.54) is 23.3 Å². The van der Waals surface area contributed by atoms with Crippen LogP contribution in [-0.4, -0.2) is 28.0 Å². The highest BCUT2D eigenvalue weighted by atomic mass is 32.1. The molecule has 0 saturated heterocycles. The van der Waals surface area contributed by atoms with Crippen molar-refractivity contribution in [1.29, 1.82) is 0 Å². The average Bonchev–Trinajstić information content (AvgIpc) is 3.07. The van der Waals surface area contributed by atoms with Gasteiger partial charge in [-0.1, -0.05) is 12.8 Å². The molecule has 0 bridgehead atoms. The minimum Gasteiger partial charge on any atom is -0.353 e. The number of thiophene rings is 1. The summed E-state index contributed by atoms with van der Waals surface area (Å²) in [5.41, 5.74) is 7.05. The van der Waals surface area contributed by atoms with E-state index in [2.05, 4.69) is 10.3 Å². The molecule has 146 valence electrons. The number of fused-ring (bicyclic) bond motifs is 3. The molecule has 6 nitrogen and oxygen atoms in total. The molecular formula is C20H28N4O2S. The van der Waals surface area contributed by atoms with E-state index in [0.29, 0.717) is 25.4 Å². The van der Waals surface area contributed by atoms with Gasteiger partial charge in [0.2, 0.25) is 5.91 Å². The Labute approximate surface area is 163 Å². The zero-order valence-electron chi connectivity index (χ0n) is 15.7. The lowest BCUT2D eigenvalue weighted by Crippen LogP contribution is -2.45. The summed E-state index contributed by atoms with van der Waals surface area (Å²) in [6, 6.07) is 0.178. The molecule has 7 heteroatoms. The van der Waals surface area contributed by atoms with Gasteiger partial charge in [0.25, 0.3) is 5.56 Å². The fourth-order valence-electron chi connectivity index (χ4n) is 4.52. The molecule has 2 atom stereocenters. The van der Waals surface area contributed by atoms with Crippen LogP contribution in [-0.2, 0) is 24.2 Å². The van der Waals surface area contributed by atoms with Crippen LogP contribution in [0.15, 0.2) is 11.1 Å². The lowest BCUT2D eigenvalue weighted by atomic mass is 9.84. The monoisotopic (exact) mass is 388 g/mol. The Balaban J connectivity index is 1.45. The summed E-state index contributed by atoms with van der Waals surface area (Å²) < 4.78 is 1.60. The molecule has 27 heavy (non-hydrogen) atoms. The van der Waals surface area contributed by atoms with Crippen LogP contribution in [0, 0.1) is 5.92 Å². The summed E-state index contributed by atoms with van der Waals surface area (Å²) >= 11 is 1.66. The van der Waals surface area contributed by atoms with Crippen molar-refractivity contribution in [2.24, 2.45) is 11.7 Å². The van der Waals surface area contributed by atoms with E-state index in [1.54, 1.807) is 22.2 Å². The first-order valence-electron chi connectivity index (χ1n) is 10.2. The van der Waals surface area contributed by atoms with E-state index in [9.17, 15) is 9.59 Å². The summed E-state index contributed by atoms with van der Waals surface area (Å²) in [6.07, 6.45) is 10.7. The van der Waals surface area contributed by atoms with Crippen LogP contribution in [0.5, 0.6) is 0 Å². The number of carbonyl (C=O) groups is 1. The van der Waals surface area contributed by atoms with Crippen LogP contribution < -0.4 is 16.6 Å². The van der Waals surface area contributed by atoms with Crippen molar-refractivity contribution in [1.82, 2.24) is 14.9 Å². The number of nitrogens with one attached hydrogen (secondary N) is 1. The van der Waals surface area contributed by atoms with Crippen molar-refractivity contribution in [3.63, 3.8) is 0 Å². The largest absolute Gasteiger partial charge is 0.353 e. The molecule has 4 rings (SSSR count). The third kappa shape index (κ3) is 3.80. The van der Waals surface area contributed by atoms with E-state index in [-0.39, 0.29) is 17.5 Å². The number of rotatable bonds is 5. The molecule has 2 aliphatic carbocycles. The van der Waals surface area contributed by atoms with Gasteiger partial charge in [-0.05, 0) is 56.6 Å². The van der Waals surface area contributed by atoms with Crippen molar-refractivity contribution in [3.05, 3.63) is 27.1 Å². The molecule has 0 aromatic carbocycles. The lowest BCUT2D eigenvalue weighted by molar-refractivity contribution is -0.122. The summed E-state index contributed by atoms with van der Waals surface area (Å²) in [6.45, 7) is 0.993. The highest BCUT2D eigenvalue weighted by Crippen LogP contribution is 2.33. The first kappa shape index (κ1) is 18.6. The molecule has 2 aliphatic rings. The zero-order valence-corrected chi connectivity index (χ0v) is 16.5. The van der Waals surface area contributed by atoms with E-state index in [1.807, 2.05) is 0 Å². The zero-order chi connectivity index (χ0) is 18.8. The van der Waals surface area contributed by atoms with E-state index in [0.717, 1.165) is 48.7 Å². The molecule has 1 fully saturated rings. The Morgan fingerprint density at radius 1 is 1.26 bits per heavy atom. The first-order valence-corrected chi connectivity index (χ1v) is 11.0. The maximum Gasteiger partial charge on any atom is 0.262 e. The summed E-state index contributed by atoms with van der Waals surface area (Å²) in [5.74, 6) is 0.375. The Kier molecular flexibility index (Phi) is 5.59. The van der Waals surface area contributed by atoms with Crippen LogP contribution in [0.1, 0.15) is 55.4 Å². The number of nitrogens with two attached hydrogens (primary N) is 1. The van der Waals surface area contributed by atoms with Crippen LogP contribution in [0.3, 0.4) is 0 Å². The number of hydrogen-bond donors (Lipinski definition) is 2. The third-order valence-electron chi connectivity index (χ3n) is 6.08. The molecule has 2 aromatic heterocycles. The molecule has 0 aliphatic heterocycles. The summed E-state index contributed by atoms with van der Waals surface area (Å²) in [5, 5.41) is 3.92. The molecule has 0 radical (unpaired) electrons. The smallest absolute Gasteiger partial charge is 0.262 e. The number of amides is 1. The van der Waals surface area contributed by atoms with Gasteiger partial charge in [0.15, 0.2) is 0 Å². The minimum absolute atomic E-state index is 0.000283. The maximum absolute atomic E-state index is 12.9. The fraction of sp³-hybridized carbons (Fsp3) is 0.650. The average molecular weight is 389 g/mol. The summed E-state index contributed by atoms with van der Waals surface area (Å²) in [4.78, 5) is 32.0. The van der Waals surface area contributed by atoms with Gasteiger partial charge in [-0.2, -0.15) is 0 Å². The van der Waals surface area contributed by atoms with Gasteiger partial charge in [-0.25, -0.2) is 4.98 Å². The second-order valence-corrected chi connectivity index (χ2v) is 8.92. The van der Waals surface area contributed by atoms with E-state index in [4.69, 9.17) is 5.73 Å². The predicted molar refractivity (Wildman–Crippen MR) is 108 cm³/mol.